The number of hydrogen-bond acceptors (Lipinski definition) is 13. The Hall–Kier alpha value is -5.24. The second kappa shape index (κ2) is 13.5. The van der Waals surface area contributed by atoms with E-state index in [-0.39, 0.29) is 41.6 Å². The number of esters is 3. The standard InChI is InChI=1S/C38H36O13/c1-4-7-32-45-18-31-35(50-32)36(47-20(3)40)34(46-19(2)39)30(48-31)17-21(41)10-12-24-28(43)15-14-27-33(24)49-29-16-22(42)11-13-26(29)38(27)25-9-6-5-8-23(25)37(44)51-38/h5-6,8-16,30-32,34-36,42-43H,4,7,17-18H2,1-3H3/b12-10+/t30-,31+,32+,34-,35+,36+,38?/m0/s1. The van der Waals surface area contributed by atoms with Crippen molar-refractivity contribution in [2.45, 2.75) is 82.4 Å². The molecule has 13 nitrogen and oxygen atoms in total. The molecule has 0 aliphatic carbocycles. The van der Waals surface area contributed by atoms with Gasteiger partial charge in [-0.2, -0.15) is 0 Å². The van der Waals surface area contributed by atoms with Gasteiger partial charge in [-0.15, -0.1) is 0 Å². The van der Waals surface area contributed by atoms with Crippen molar-refractivity contribution in [3.05, 3.63) is 88.5 Å². The Labute approximate surface area is 292 Å². The van der Waals surface area contributed by atoms with Crippen molar-refractivity contribution in [2.75, 3.05) is 6.61 Å². The summed E-state index contributed by atoms with van der Waals surface area (Å²) in [6.07, 6.45) is -1.76. The molecule has 3 aromatic carbocycles. The number of benzene rings is 3. The van der Waals surface area contributed by atoms with E-state index in [1.165, 1.54) is 44.2 Å². The summed E-state index contributed by atoms with van der Waals surface area (Å²) in [4.78, 5) is 51.2. The van der Waals surface area contributed by atoms with Gasteiger partial charge >= 0.3 is 17.9 Å². The number of allylic oxidation sites excluding steroid dienone is 1. The Morgan fingerprint density at radius 2 is 1.69 bits per heavy atom. The third-order valence-corrected chi connectivity index (χ3v) is 9.33. The molecule has 7 rings (SSSR count). The van der Waals surface area contributed by atoms with Crippen LogP contribution >= 0.6 is 0 Å². The van der Waals surface area contributed by atoms with Gasteiger partial charge in [0.15, 0.2) is 29.9 Å². The molecule has 2 N–H and O–H groups in total. The van der Waals surface area contributed by atoms with Crippen LogP contribution in [0.4, 0.5) is 0 Å². The molecule has 0 amide bonds. The lowest BCUT2D eigenvalue weighted by molar-refractivity contribution is -0.327. The van der Waals surface area contributed by atoms with Crippen LogP contribution in [0.15, 0.2) is 60.7 Å². The number of carbonyl (C=O) groups excluding carboxylic acids is 4. The molecule has 2 saturated heterocycles. The Balaban J connectivity index is 1.22. The van der Waals surface area contributed by atoms with Gasteiger partial charge in [0.05, 0.1) is 17.7 Å². The van der Waals surface area contributed by atoms with Crippen LogP contribution in [-0.2, 0) is 48.4 Å². The van der Waals surface area contributed by atoms with Gasteiger partial charge in [-0.25, -0.2) is 4.79 Å². The predicted molar refractivity (Wildman–Crippen MR) is 176 cm³/mol. The molecular weight excluding hydrogens is 664 g/mol. The lowest BCUT2D eigenvalue weighted by Crippen LogP contribution is -2.64. The third kappa shape index (κ3) is 6.11. The van der Waals surface area contributed by atoms with Crippen LogP contribution in [0, 0.1) is 0 Å². The van der Waals surface area contributed by atoms with Crippen molar-refractivity contribution >= 4 is 29.8 Å². The van der Waals surface area contributed by atoms with Crippen molar-refractivity contribution in [2.24, 2.45) is 0 Å². The first kappa shape index (κ1) is 34.2. The number of carbonyl (C=O) groups is 4. The fourth-order valence-corrected chi connectivity index (χ4v) is 7.26. The minimum Gasteiger partial charge on any atom is -0.508 e. The van der Waals surface area contributed by atoms with E-state index in [4.69, 9.17) is 33.2 Å². The first-order valence-electron chi connectivity index (χ1n) is 16.7. The molecule has 0 bridgehead atoms. The second-order valence-electron chi connectivity index (χ2n) is 12.8. The highest BCUT2D eigenvalue weighted by Crippen LogP contribution is 2.58. The van der Waals surface area contributed by atoms with Gasteiger partial charge in [-0.05, 0) is 48.9 Å². The molecule has 1 spiro atoms. The van der Waals surface area contributed by atoms with Gasteiger partial charge in [-0.1, -0.05) is 31.5 Å². The second-order valence-corrected chi connectivity index (χ2v) is 12.8. The molecule has 7 atom stereocenters. The van der Waals surface area contributed by atoms with Gasteiger partial charge in [0, 0.05) is 43.0 Å². The molecule has 0 saturated carbocycles. The molecule has 51 heavy (non-hydrogen) atoms. The number of phenols is 2. The number of aromatic hydroxyl groups is 2. The number of phenolic OH excluding ortho intramolecular Hbond substituents is 2. The average molecular weight is 701 g/mol. The molecule has 4 heterocycles. The van der Waals surface area contributed by atoms with Crippen LogP contribution in [0.3, 0.4) is 0 Å². The molecule has 2 fully saturated rings. The number of fused-ring (bicyclic) bond motifs is 7. The van der Waals surface area contributed by atoms with Crippen molar-refractivity contribution in [3.8, 4) is 23.0 Å². The summed E-state index contributed by atoms with van der Waals surface area (Å²) >= 11 is 0. The first-order chi connectivity index (χ1) is 24.5. The topological polar surface area (TPSA) is 173 Å². The minimum absolute atomic E-state index is 0.101. The van der Waals surface area contributed by atoms with Crippen molar-refractivity contribution < 1.29 is 62.5 Å². The lowest BCUT2D eigenvalue weighted by Gasteiger charge is -2.48. The highest BCUT2D eigenvalue weighted by atomic mass is 16.7. The van der Waals surface area contributed by atoms with E-state index in [9.17, 15) is 29.4 Å². The third-order valence-electron chi connectivity index (χ3n) is 9.33. The Morgan fingerprint density at radius 3 is 2.45 bits per heavy atom. The first-order valence-corrected chi connectivity index (χ1v) is 16.7. The smallest absolute Gasteiger partial charge is 0.340 e. The summed E-state index contributed by atoms with van der Waals surface area (Å²) in [7, 11) is 0. The van der Waals surface area contributed by atoms with Crippen LogP contribution in [0.25, 0.3) is 6.08 Å². The average Bonchev–Trinajstić information content (AvgIpc) is 3.38. The van der Waals surface area contributed by atoms with Gasteiger partial charge in [0.2, 0.25) is 0 Å². The zero-order valence-corrected chi connectivity index (χ0v) is 28.0. The fourth-order valence-electron chi connectivity index (χ4n) is 7.26. The van der Waals surface area contributed by atoms with Gasteiger partial charge in [0.1, 0.15) is 41.3 Å². The van der Waals surface area contributed by atoms with Crippen molar-refractivity contribution in [3.63, 3.8) is 0 Å². The fraction of sp³-hybridized carbons (Fsp3) is 0.368. The minimum atomic E-state index is -1.47. The van der Waals surface area contributed by atoms with Gasteiger partial charge in [-0.3, -0.25) is 14.4 Å². The van der Waals surface area contributed by atoms with E-state index in [0.29, 0.717) is 28.7 Å². The summed E-state index contributed by atoms with van der Waals surface area (Å²) in [6.45, 7) is 4.50. The van der Waals surface area contributed by atoms with E-state index < -0.39 is 66.1 Å². The van der Waals surface area contributed by atoms with Crippen LogP contribution in [-0.4, -0.2) is 77.3 Å². The maximum absolute atomic E-state index is 13.6. The summed E-state index contributed by atoms with van der Waals surface area (Å²) in [5.41, 5.74) is 0.384. The Kier molecular flexibility index (Phi) is 9.04. The maximum Gasteiger partial charge on any atom is 0.340 e. The molecule has 0 aromatic heterocycles. The zero-order chi connectivity index (χ0) is 36.0. The molecule has 4 aliphatic heterocycles. The van der Waals surface area contributed by atoms with Gasteiger partial charge < -0.3 is 43.4 Å². The summed E-state index contributed by atoms with van der Waals surface area (Å²) in [6, 6.07) is 14.4. The number of ether oxygens (including phenoxy) is 7. The maximum atomic E-state index is 13.6. The lowest BCUT2D eigenvalue weighted by atomic mass is 9.77. The summed E-state index contributed by atoms with van der Waals surface area (Å²) in [5, 5.41) is 21.4. The highest BCUT2D eigenvalue weighted by Gasteiger charge is 2.55. The summed E-state index contributed by atoms with van der Waals surface area (Å²) < 4.78 is 41.7. The SMILES string of the molecule is CCC[C@@H]1OC[C@H]2O[C@@H](CC(=O)/C=C/c3c(O)ccc4c3Oc3cc(O)ccc3C43OC(=O)c4ccccc43)[C@H](OC(C)=O)[C@@H](OC(C)=O)[C@@H]2O1. The molecule has 13 heteroatoms. The van der Waals surface area contributed by atoms with Crippen LogP contribution < -0.4 is 4.74 Å². The van der Waals surface area contributed by atoms with E-state index in [1.807, 2.05) is 6.92 Å². The molecule has 266 valence electrons. The van der Waals surface area contributed by atoms with Crippen LogP contribution in [0.2, 0.25) is 0 Å². The van der Waals surface area contributed by atoms with Crippen molar-refractivity contribution in [1.82, 2.24) is 0 Å². The molecule has 4 aliphatic rings. The zero-order valence-electron chi connectivity index (χ0n) is 28.0. The molecule has 0 radical (unpaired) electrons. The molecular formula is C38H36O13. The largest absolute Gasteiger partial charge is 0.508 e. The molecule has 1 unspecified atom stereocenters. The quantitative estimate of drug-likeness (QED) is 0.186. The predicted octanol–water partition coefficient (Wildman–Crippen LogP) is 4.81. The summed E-state index contributed by atoms with van der Waals surface area (Å²) in [5.74, 6) is -2.40. The van der Waals surface area contributed by atoms with E-state index in [2.05, 4.69) is 0 Å². The Morgan fingerprint density at radius 1 is 0.941 bits per heavy atom. The van der Waals surface area contributed by atoms with Crippen LogP contribution in [0.1, 0.15) is 72.6 Å². The van der Waals surface area contributed by atoms with Crippen molar-refractivity contribution in [1.29, 1.82) is 0 Å². The van der Waals surface area contributed by atoms with E-state index >= 15 is 0 Å². The number of ketones is 1. The van der Waals surface area contributed by atoms with E-state index in [1.54, 1.807) is 36.4 Å². The normalized spacial score (nSPS) is 27.4. The molecule has 3 aromatic rings. The number of hydrogen-bond donors (Lipinski definition) is 2. The van der Waals surface area contributed by atoms with Gasteiger partial charge in [0.25, 0.3) is 0 Å². The Bertz CT molecular complexity index is 1930. The highest BCUT2D eigenvalue weighted by molar-refractivity contribution is 5.98. The number of rotatable bonds is 8. The monoisotopic (exact) mass is 700 g/mol. The van der Waals surface area contributed by atoms with E-state index in [0.717, 1.165) is 6.42 Å². The van der Waals surface area contributed by atoms with Crippen LogP contribution in [0.5, 0.6) is 23.0 Å².